The molecule has 3 aromatic rings. The van der Waals surface area contributed by atoms with Crippen molar-refractivity contribution in [2.45, 2.75) is 12.7 Å². The van der Waals surface area contributed by atoms with Crippen molar-refractivity contribution in [3.05, 3.63) is 71.4 Å². The van der Waals surface area contributed by atoms with Gasteiger partial charge in [0.2, 0.25) is 0 Å². The van der Waals surface area contributed by atoms with Gasteiger partial charge in [0.1, 0.15) is 11.6 Å². The third-order valence-corrected chi connectivity index (χ3v) is 4.93. The highest BCUT2D eigenvalue weighted by atomic mass is 19.4. The van der Waals surface area contributed by atoms with Crippen LogP contribution < -0.4 is 4.90 Å². The van der Waals surface area contributed by atoms with Gasteiger partial charge in [-0.2, -0.15) is 13.2 Å². The van der Waals surface area contributed by atoms with Crippen molar-refractivity contribution in [1.29, 1.82) is 0 Å². The van der Waals surface area contributed by atoms with Crippen LogP contribution in [0.1, 0.15) is 11.3 Å². The quantitative estimate of drug-likeness (QED) is 0.545. The number of hydrogen-bond acceptors (Lipinski definition) is 4. The molecule has 2 aromatic carbocycles. The van der Waals surface area contributed by atoms with Crippen LogP contribution in [0.2, 0.25) is 0 Å². The van der Waals surface area contributed by atoms with Crippen LogP contribution in [0.15, 0.2) is 48.5 Å². The summed E-state index contributed by atoms with van der Waals surface area (Å²) < 4.78 is 65.7. The molecular weight excluding hydrogens is 403 g/mol. The molecular formula is C21H17F5N4. The lowest BCUT2D eigenvalue weighted by Crippen LogP contribution is -2.26. The van der Waals surface area contributed by atoms with E-state index in [1.165, 1.54) is 18.2 Å². The van der Waals surface area contributed by atoms with Crippen LogP contribution in [0.25, 0.3) is 11.3 Å². The fourth-order valence-corrected chi connectivity index (χ4v) is 3.50. The first-order valence-corrected chi connectivity index (χ1v) is 9.17. The Morgan fingerprint density at radius 1 is 0.867 bits per heavy atom. The minimum atomic E-state index is -4.55. The van der Waals surface area contributed by atoms with E-state index < -0.39 is 23.5 Å². The second kappa shape index (κ2) is 7.64. The summed E-state index contributed by atoms with van der Waals surface area (Å²) >= 11 is 0. The minimum Gasteiger partial charge on any atom is -0.340 e. The molecule has 0 saturated heterocycles. The zero-order valence-corrected chi connectivity index (χ0v) is 15.9. The molecule has 0 atom stereocenters. The van der Waals surface area contributed by atoms with Crippen molar-refractivity contribution < 1.29 is 22.0 Å². The third-order valence-electron chi connectivity index (χ3n) is 4.93. The highest BCUT2D eigenvalue weighted by Gasteiger charge is 2.33. The van der Waals surface area contributed by atoms with Gasteiger partial charge in [-0.15, -0.1) is 10.2 Å². The molecule has 4 rings (SSSR count). The zero-order chi connectivity index (χ0) is 21.5. The molecule has 2 heterocycles. The molecule has 30 heavy (non-hydrogen) atoms. The lowest BCUT2D eigenvalue weighted by atomic mass is 10.0. The molecule has 0 amide bonds. The first kappa shape index (κ1) is 20.2. The van der Waals surface area contributed by atoms with E-state index >= 15 is 0 Å². The van der Waals surface area contributed by atoms with Crippen LogP contribution in [-0.2, 0) is 12.7 Å². The largest absolute Gasteiger partial charge is 0.435 e. The lowest BCUT2D eigenvalue weighted by molar-refractivity contribution is -0.141. The van der Waals surface area contributed by atoms with Gasteiger partial charge < -0.3 is 9.80 Å². The van der Waals surface area contributed by atoms with E-state index in [9.17, 15) is 22.0 Å². The van der Waals surface area contributed by atoms with E-state index in [4.69, 9.17) is 0 Å². The minimum absolute atomic E-state index is 0.307. The Bertz CT molecular complexity index is 1050. The molecule has 0 bridgehead atoms. The molecule has 0 aliphatic carbocycles. The summed E-state index contributed by atoms with van der Waals surface area (Å²) in [6.45, 7) is 1.74. The van der Waals surface area contributed by atoms with Crippen molar-refractivity contribution >= 4 is 11.4 Å². The van der Waals surface area contributed by atoms with Crippen molar-refractivity contribution in [2.24, 2.45) is 0 Å². The average Bonchev–Trinajstić information content (AvgIpc) is 2.84. The standard InChI is InChI=1S/C21H17F5N4/c1-29-6-7-30(17-10-15(22)9-16(23)11-17)19-4-2-13(8-14(19)12-29)18-3-5-20(28-27-18)21(24,25)26/h2-5,8-11H,6-7,12H2,1H3. The van der Waals surface area contributed by atoms with Crippen LogP contribution >= 0.6 is 0 Å². The first-order chi connectivity index (χ1) is 14.2. The number of alkyl halides is 3. The molecule has 0 radical (unpaired) electrons. The molecule has 0 unspecified atom stereocenters. The summed E-state index contributed by atoms with van der Waals surface area (Å²) in [5.41, 5.74) is 1.88. The van der Waals surface area contributed by atoms with Crippen molar-refractivity contribution in [3.63, 3.8) is 0 Å². The Balaban J connectivity index is 1.74. The van der Waals surface area contributed by atoms with Crippen molar-refractivity contribution in [1.82, 2.24) is 15.1 Å². The van der Waals surface area contributed by atoms with Crippen molar-refractivity contribution in [2.75, 3.05) is 25.0 Å². The second-order valence-corrected chi connectivity index (χ2v) is 7.16. The second-order valence-electron chi connectivity index (χ2n) is 7.16. The molecule has 1 aliphatic heterocycles. The number of fused-ring (bicyclic) bond motifs is 1. The van der Waals surface area contributed by atoms with Crippen LogP contribution in [0.5, 0.6) is 0 Å². The van der Waals surface area contributed by atoms with Gasteiger partial charge in [0.15, 0.2) is 5.69 Å². The summed E-state index contributed by atoms with van der Waals surface area (Å²) in [6.07, 6.45) is -4.55. The Labute approximate surface area is 169 Å². The highest BCUT2D eigenvalue weighted by molar-refractivity contribution is 5.72. The van der Waals surface area contributed by atoms with Gasteiger partial charge in [-0.3, -0.25) is 0 Å². The molecule has 0 saturated carbocycles. The maximum atomic E-state index is 13.8. The van der Waals surface area contributed by atoms with E-state index in [0.717, 1.165) is 23.4 Å². The van der Waals surface area contributed by atoms with E-state index in [1.807, 2.05) is 18.0 Å². The molecule has 156 valence electrons. The molecule has 0 N–H and O–H groups in total. The molecule has 0 spiro atoms. The van der Waals surface area contributed by atoms with Crippen LogP contribution in [0, 0.1) is 11.6 Å². The molecule has 1 aromatic heterocycles. The van der Waals surface area contributed by atoms with Crippen LogP contribution in [-0.4, -0.2) is 35.2 Å². The third kappa shape index (κ3) is 4.11. The Kier molecular flexibility index (Phi) is 5.15. The summed E-state index contributed by atoms with van der Waals surface area (Å²) in [6, 6.07) is 10.8. The van der Waals surface area contributed by atoms with Gasteiger partial charge >= 0.3 is 6.18 Å². The van der Waals surface area contributed by atoms with E-state index in [1.54, 1.807) is 12.1 Å². The van der Waals surface area contributed by atoms with E-state index in [0.29, 0.717) is 36.6 Å². The number of rotatable bonds is 2. The van der Waals surface area contributed by atoms with Crippen LogP contribution in [0.3, 0.4) is 0 Å². The van der Waals surface area contributed by atoms with E-state index in [2.05, 4.69) is 15.1 Å². The fraction of sp³-hybridized carbons (Fsp3) is 0.238. The molecule has 0 fully saturated rings. The number of likely N-dealkylation sites (N-methyl/N-ethyl adjacent to an activating group) is 1. The zero-order valence-electron chi connectivity index (χ0n) is 15.9. The number of benzene rings is 2. The number of nitrogens with zero attached hydrogens (tertiary/aromatic N) is 4. The predicted octanol–water partition coefficient (Wildman–Crippen LogP) is 5.02. The summed E-state index contributed by atoms with van der Waals surface area (Å²) in [4.78, 5) is 3.88. The van der Waals surface area contributed by atoms with E-state index in [-0.39, 0.29) is 0 Å². The summed E-state index contributed by atoms with van der Waals surface area (Å²) in [7, 11) is 1.92. The number of halogens is 5. The molecule has 1 aliphatic rings. The van der Waals surface area contributed by atoms with Gasteiger partial charge in [0, 0.05) is 42.6 Å². The predicted molar refractivity (Wildman–Crippen MR) is 102 cm³/mol. The van der Waals surface area contributed by atoms with Gasteiger partial charge in [-0.25, -0.2) is 8.78 Å². The molecule has 9 heteroatoms. The normalized spacial score (nSPS) is 15.1. The van der Waals surface area contributed by atoms with Crippen LogP contribution in [0.4, 0.5) is 33.3 Å². The highest BCUT2D eigenvalue weighted by Crippen LogP contribution is 2.35. The summed E-state index contributed by atoms with van der Waals surface area (Å²) in [5, 5.41) is 6.99. The fourth-order valence-electron chi connectivity index (χ4n) is 3.50. The maximum Gasteiger partial charge on any atom is 0.435 e. The summed E-state index contributed by atoms with van der Waals surface area (Å²) in [5.74, 6) is -1.33. The van der Waals surface area contributed by atoms with Gasteiger partial charge in [-0.05, 0) is 49.0 Å². The average molecular weight is 420 g/mol. The topological polar surface area (TPSA) is 32.3 Å². The monoisotopic (exact) mass is 420 g/mol. The smallest absolute Gasteiger partial charge is 0.340 e. The Hall–Kier alpha value is -3.07. The Morgan fingerprint density at radius 2 is 1.60 bits per heavy atom. The Morgan fingerprint density at radius 3 is 2.23 bits per heavy atom. The number of aromatic nitrogens is 2. The maximum absolute atomic E-state index is 13.8. The van der Waals surface area contributed by atoms with Gasteiger partial charge in [0.05, 0.1) is 5.69 Å². The lowest BCUT2D eigenvalue weighted by Gasteiger charge is -2.25. The number of anilines is 2. The first-order valence-electron chi connectivity index (χ1n) is 9.17. The SMILES string of the molecule is CN1CCN(c2cc(F)cc(F)c2)c2ccc(-c3ccc(C(F)(F)F)nn3)cc2C1. The van der Waals surface area contributed by atoms with Gasteiger partial charge in [-0.1, -0.05) is 6.07 Å². The van der Waals surface area contributed by atoms with Crippen molar-refractivity contribution in [3.8, 4) is 11.3 Å². The molecule has 4 nitrogen and oxygen atoms in total. The number of hydrogen-bond donors (Lipinski definition) is 0. The van der Waals surface area contributed by atoms with Gasteiger partial charge in [0.25, 0.3) is 0 Å².